The van der Waals surface area contributed by atoms with Crippen LogP contribution in [0.2, 0.25) is 0 Å². The van der Waals surface area contributed by atoms with Gasteiger partial charge in [0, 0.05) is 15.6 Å². The average molecular weight is 371 g/mol. The fourth-order valence-electron chi connectivity index (χ4n) is 1.51. The number of hydrogen-bond acceptors (Lipinski definition) is 4. The van der Waals surface area contributed by atoms with Crippen molar-refractivity contribution in [1.29, 1.82) is 0 Å². The summed E-state index contributed by atoms with van der Waals surface area (Å²) in [4.78, 5) is 34.7. The van der Waals surface area contributed by atoms with Gasteiger partial charge in [-0.2, -0.15) is 0 Å². The second-order valence-corrected chi connectivity index (χ2v) is 6.56. The molecule has 1 aromatic rings. The van der Waals surface area contributed by atoms with E-state index in [2.05, 4.69) is 26.6 Å². The van der Waals surface area contributed by atoms with Gasteiger partial charge in [0.2, 0.25) is 0 Å². The van der Waals surface area contributed by atoms with Gasteiger partial charge in [0.15, 0.2) is 6.61 Å². The molecule has 2 N–H and O–H groups in total. The maximum atomic E-state index is 11.8. The Bertz CT molecular complexity index is 550. The van der Waals surface area contributed by atoms with Gasteiger partial charge in [-0.1, -0.05) is 15.9 Å². The Labute approximate surface area is 137 Å². The monoisotopic (exact) mass is 370 g/mol. The van der Waals surface area contributed by atoms with Gasteiger partial charge in [0.05, 0.1) is 0 Å². The molecule has 0 aliphatic rings. The van der Waals surface area contributed by atoms with Crippen molar-refractivity contribution in [3.05, 3.63) is 34.3 Å². The molecule has 22 heavy (non-hydrogen) atoms. The summed E-state index contributed by atoms with van der Waals surface area (Å²) in [5.41, 5.74) is 0.0423. The summed E-state index contributed by atoms with van der Waals surface area (Å²) in [6, 6.07) is 6.71. The number of halogens is 1. The number of benzene rings is 1. The van der Waals surface area contributed by atoms with Crippen molar-refractivity contribution in [2.45, 2.75) is 26.3 Å². The molecular formula is C15H19BrN2O4. The average Bonchev–Trinajstić information content (AvgIpc) is 2.41. The van der Waals surface area contributed by atoms with Crippen molar-refractivity contribution >= 4 is 33.7 Å². The first kappa shape index (κ1) is 18.2. The van der Waals surface area contributed by atoms with Crippen LogP contribution in [0.4, 0.5) is 0 Å². The van der Waals surface area contributed by atoms with Crippen LogP contribution in [0.15, 0.2) is 28.7 Å². The van der Waals surface area contributed by atoms with Crippen LogP contribution in [-0.2, 0) is 14.3 Å². The fraction of sp³-hybridized carbons (Fsp3) is 0.400. The number of carbonyl (C=O) groups is 3. The zero-order valence-electron chi connectivity index (χ0n) is 12.7. The number of amides is 2. The lowest BCUT2D eigenvalue weighted by Gasteiger charge is -2.20. The Morgan fingerprint density at radius 2 is 1.73 bits per heavy atom. The maximum absolute atomic E-state index is 11.8. The van der Waals surface area contributed by atoms with E-state index in [9.17, 15) is 14.4 Å². The minimum atomic E-state index is -0.672. The molecule has 0 aromatic heterocycles. The standard InChI is InChI=1S/C15H19BrN2O4/c1-15(2,3)18-12(19)9-22-13(20)8-17-14(21)10-4-6-11(16)7-5-10/h4-7H,8-9H2,1-3H3,(H,17,21)(H,18,19). The molecule has 0 saturated carbocycles. The van der Waals surface area contributed by atoms with Crippen molar-refractivity contribution in [3.8, 4) is 0 Å². The Kier molecular flexibility index (Phi) is 6.55. The summed E-state index contributed by atoms with van der Waals surface area (Å²) in [6.07, 6.45) is 0. The first-order chi connectivity index (χ1) is 10.2. The molecule has 0 unspecified atom stereocenters. The number of carbonyl (C=O) groups excluding carboxylic acids is 3. The summed E-state index contributed by atoms with van der Waals surface area (Å²) >= 11 is 3.27. The molecule has 2 amide bonds. The molecule has 0 atom stereocenters. The molecule has 0 aliphatic carbocycles. The highest BCUT2D eigenvalue weighted by Gasteiger charge is 2.15. The molecule has 6 nitrogen and oxygen atoms in total. The van der Waals surface area contributed by atoms with Gasteiger partial charge >= 0.3 is 5.97 Å². The van der Waals surface area contributed by atoms with Crippen molar-refractivity contribution in [1.82, 2.24) is 10.6 Å². The zero-order chi connectivity index (χ0) is 16.8. The van der Waals surface area contributed by atoms with Gasteiger partial charge in [-0.15, -0.1) is 0 Å². The Balaban J connectivity index is 2.32. The molecular weight excluding hydrogens is 352 g/mol. The third-order valence-electron chi connectivity index (χ3n) is 2.38. The molecule has 0 saturated heterocycles. The first-order valence-corrected chi connectivity index (χ1v) is 7.47. The van der Waals surface area contributed by atoms with Gasteiger partial charge in [-0.25, -0.2) is 0 Å². The van der Waals surface area contributed by atoms with Crippen LogP contribution < -0.4 is 10.6 Å². The maximum Gasteiger partial charge on any atom is 0.325 e. The first-order valence-electron chi connectivity index (χ1n) is 6.68. The second kappa shape index (κ2) is 7.93. The highest BCUT2D eigenvalue weighted by Crippen LogP contribution is 2.10. The number of esters is 1. The Morgan fingerprint density at radius 1 is 1.14 bits per heavy atom. The number of rotatable bonds is 5. The van der Waals surface area contributed by atoms with Crippen molar-refractivity contribution < 1.29 is 19.1 Å². The van der Waals surface area contributed by atoms with E-state index in [0.717, 1.165) is 4.47 Å². The van der Waals surface area contributed by atoms with Crippen molar-refractivity contribution in [3.63, 3.8) is 0 Å². The van der Waals surface area contributed by atoms with Crippen molar-refractivity contribution in [2.75, 3.05) is 13.2 Å². The third-order valence-corrected chi connectivity index (χ3v) is 2.91. The van der Waals surface area contributed by atoms with Crippen LogP contribution in [0.25, 0.3) is 0 Å². The van der Waals surface area contributed by atoms with E-state index < -0.39 is 5.97 Å². The molecule has 1 aromatic carbocycles. The van der Waals surface area contributed by atoms with E-state index in [1.807, 2.05) is 20.8 Å². The van der Waals surface area contributed by atoms with Gasteiger partial charge in [-0.05, 0) is 45.0 Å². The summed E-state index contributed by atoms with van der Waals surface area (Å²) in [5.74, 6) is -1.45. The quantitative estimate of drug-likeness (QED) is 0.771. The summed E-state index contributed by atoms with van der Waals surface area (Å²) in [7, 11) is 0. The summed E-state index contributed by atoms with van der Waals surface area (Å²) < 4.78 is 5.64. The zero-order valence-corrected chi connectivity index (χ0v) is 14.3. The molecule has 0 aliphatic heterocycles. The normalized spacial score (nSPS) is 10.7. The van der Waals surface area contributed by atoms with Gasteiger partial charge < -0.3 is 15.4 Å². The van der Waals surface area contributed by atoms with E-state index in [0.29, 0.717) is 5.56 Å². The second-order valence-electron chi connectivity index (χ2n) is 5.65. The predicted molar refractivity (Wildman–Crippen MR) is 85.3 cm³/mol. The third kappa shape index (κ3) is 7.21. The summed E-state index contributed by atoms with van der Waals surface area (Å²) in [6.45, 7) is 4.81. The van der Waals surface area contributed by atoms with Gasteiger partial charge in [0.1, 0.15) is 6.54 Å². The van der Waals surface area contributed by atoms with Gasteiger partial charge in [0.25, 0.3) is 11.8 Å². The van der Waals surface area contributed by atoms with Gasteiger partial charge in [-0.3, -0.25) is 14.4 Å². The van der Waals surface area contributed by atoms with Crippen LogP contribution in [0.5, 0.6) is 0 Å². The van der Waals surface area contributed by atoms with E-state index in [-0.39, 0.29) is 30.5 Å². The lowest BCUT2D eigenvalue weighted by Crippen LogP contribution is -2.43. The SMILES string of the molecule is CC(C)(C)NC(=O)COC(=O)CNC(=O)c1ccc(Br)cc1. The van der Waals surface area contributed by atoms with Crippen LogP contribution in [-0.4, -0.2) is 36.5 Å². The van der Waals surface area contributed by atoms with Crippen LogP contribution in [0.1, 0.15) is 31.1 Å². The molecule has 120 valence electrons. The molecule has 1 rings (SSSR count). The van der Waals surface area contributed by atoms with Crippen LogP contribution >= 0.6 is 15.9 Å². The largest absolute Gasteiger partial charge is 0.454 e. The molecule has 0 radical (unpaired) electrons. The highest BCUT2D eigenvalue weighted by molar-refractivity contribution is 9.10. The van der Waals surface area contributed by atoms with Crippen molar-refractivity contribution in [2.24, 2.45) is 0 Å². The molecule has 7 heteroatoms. The van der Waals surface area contributed by atoms with E-state index >= 15 is 0 Å². The smallest absolute Gasteiger partial charge is 0.325 e. The Morgan fingerprint density at radius 3 is 2.27 bits per heavy atom. The highest BCUT2D eigenvalue weighted by atomic mass is 79.9. The fourth-order valence-corrected chi connectivity index (χ4v) is 1.77. The Hall–Kier alpha value is -1.89. The number of nitrogens with one attached hydrogen (secondary N) is 2. The minimum Gasteiger partial charge on any atom is -0.454 e. The molecule has 0 heterocycles. The molecule has 0 bridgehead atoms. The lowest BCUT2D eigenvalue weighted by molar-refractivity contribution is -0.147. The molecule has 0 fully saturated rings. The van der Waals surface area contributed by atoms with E-state index in [1.54, 1.807) is 24.3 Å². The predicted octanol–water partition coefficient (Wildman–Crippen LogP) is 1.64. The topological polar surface area (TPSA) is 84.5 Å². The lowest BCUT2D eigenvalue weighted by atomic mass is 10.1. The van der Waals surface area contributed by atoms with E-state index in [4.69, 9.17) is 4.74 Å². The van der Waals surface area contributed by atoms with E-state index in [1.165, 1.54) is 0 Å². The van der Waals surface area contributed by atoms with Crippen LogP contribution in [0.3, 0.4) is 0 Å². The summed E-state index contributed by atoms with van der Waals surface area (Å²) in [5, 5.41) is 5.09. The minimum absolute atomic E-state index is 0.294. The number of ether oxygens (including phenoxy) is 1. The van der Waals surface area contributed by atoms with Crippen LogP contribution in [0, 0.1) is 0 Å². The number of hydrogen-bond donors (Lipinski definition) is 2. The molecule has 0 spiro atoms.